The number of hydrogen-bond acceptors (Lipinski definition) is 3. The molecule has 0 unspecified atom stereocenters. The molecule has 2 N–H and O–H groups in total. The fourth-order valence-electron chi connectivity index (χ4n) is 2.11. The summed E-state index contributed by atoms with van der Waals surface area (Å²) in [6.45, 7) is 2.10. The molecule has 0 aromatic heterocycles. The molecule has 0 aliphatic carbocycles. The first-order valence-electron chi connectivity index (χ1n) is 7.02. The largest absolute Gasteiger partial charge is 0.495 e. The van der Waals surface area contributed by atoms with Crippen molar-refractivity contribution < 1.29 is 9.53 Å². The Morgan fingerprint density at radius 1 is 1.23 bits per heavy atom. The lowest BCUT2D eigenvalue weighted by atomic mass is 10.1. The number of carbonyl (C=O) groups excluding carboxylic acids is 1. The summed E-state index contributed by atoms with van der Waals surface area (Å²) in [5, 5.41) is 6.57. The van der Waals surface area contributed by atoms with Gasteiger partial charge in [-0.25, -0.2) is 0 Å². The van der Waals surface area contributed by atoms with Crippen molar-refractivity contribution in [3.8, 4) is 5.75 Å². The number of methoxy groups -OCH3 is 1. The molecule has 1 atom stereocenters. The lowest BCUT2D eigenvalue weighted by Gasteiger charge is -2.16. The SMILES string of the molecule is COc1ccc(Cl)cc1NCC(=O)N[C@H](C)c1ccccc1. The first-order chi connectivity index (χ1) is 10.6. The molecule has 5 heteroatoms. The second kappa shape index (κ2) is 7.71. The fraction of sp³-hybridized carbons (Fsp3) is 0.235. The molecule has 0 spiro atoms. The predicted molar refractivity (Wildman–Crippen MR) is 89.5 cm³/mol. The Labute approximate surface area is 135 Å². The van der Waals surface area contributed by atoms with E-state index in [1.165, 1.54) is 0 Å². The van der Waals surface area contributed by atoms with Crippen molar-refractivity contribution in [1.29, 1.82) is 0 Å². The number of halogens is 1. The Hall–Kier alpha value is -2.20. The molecule has 1 amide bonds. The van der Waals surface area contributed by atoms with Gasteiger partial charge >= 0.3 is 0 Å². The Bertz CT molecular complexity index is 632. The van der Waals surface area contributed by atoms with Crippen molar-refractivity contribution in [2.24, 2.45) is 0 Å². The topological polar surface area (TPSA) is 50.4 Å². The number of benzene rings is 2. The molecule has 116 valence electrons. The highest BCUT2D eigenvalue weighted by atomic mass is 35.5. The predicted octanol–water partition coefficient (Wildman–Crippen LogP) is 3.64. The van der Waals surface area contributed by atoms with Crippen LogP contribution in [0.2, 0.25) is 5.02 Å². The van der Waals surface area contributed by atoms with Gasteiger partial charge < -0.3 is 15.4 Å². The van der Waals surface area contributed by atoms with Crippen LogP contribution in [-0.4, -0.2) is 19.6 Å². The summed E-state index contributed by atoms with van der Waals surface area (Å²) >= 11 is 5.96. The van der Waals surface area contributed by atoms with Gasteiger partial charge in [-0.1, -0.05) is 41.9 Å². The maximum absolute atomic E-state index is 12.0. The molecule has 0 aliphatic heterocycles. The minimum absolute atomic E-state index is 0.0447. The van der Waals surface area contributed by atoms with E-state index in [0.29, 0.717) is 16.5 Å². The van der Waals surface area contributed by atoms with Crippen molar-refractivity contribution in [2.45, 2.75) is 13.0 Å². The molecule has 2 rings (SSSR count). The van der Waals surface area contributed by atoms with E-state index >= 15 is 0 Å². The van der Waals surface area contributed by atoms with E-state index in [1.807, 2.05) is 37.3 Å². The quantitative estimate of drug-likeness (QED) is 0.855. The monoisotopic (exact) mass is 318 g/mol. The molecule has 0 aliphatic rings. The van der Waals surface area contributed by atoms with Crippen molar-refractivity contribution in [3.05, 3.63) is 59.1 Å². The van der Waals surface area contributed by atoms with Crippen molar-refractivity contribution >= 4 is 23.2 Å². The normalized spacial score (nSPS) is 11.6. The van der Waals surface area contributed by atoms with Crippen LogP contribution in [0.15, 0.2) is 48.5 Å². The van der Waals surface area contributed by atoms with E-state index in [4.69, 9.17) is 16.3 Å². The number of anilines is 1. The van der Waals surface area contributed by atoms with Crippen molar-refractivity contribution in [1.82, 2.24) is 5.32 Å². The maximum atomic E-state index is 12.0. The minimum atomic E-state index is -0.0987. The van der Waals surface area contributed by atoms with Gasteiger partial charge in [-0.15, -0.1) is 0 Å². The van der Waals surface area contributed by atoms with Gasteiger partial charge in [-0.05, 0) is 30.7 Å². The third-order valence-corrected chi connectivity index (χ3v) is 3.51. The summed E-state index contributed by atoms with van der Waals surface area (Å²) in [7, 11) is 1.58. The highest BCUT2D eigenvalue weighted by Gasteiger charge is 2.10. The molecule has 0 saturated heterocycles. The first-order valence-corrected chi connectivity index (χ1v) is 7.39. The van der Waals surface area contributed by atoms with Crippen LogP contribution in [-0.2, 0) is 4.79 Å². The van der Waals surface area contributed by atoms with Crippen LogP contribution in [0.25, 0.3) is 0 Å². The summed E-state index contributed by atoms with van der Waals surface area (Å²) in [6.07, 6.45) is 0. The lowest BCUT2D eigenvalue weighted by Crippen LogP contribution is -2.32. The maximum Gasteiger partial charge on any atom is 0.239 e. The summed E-state index contributed by atoms with van der Waals surface area (Å²) in [6, 6.07) is 15.0. The van der Waals surface area contributed by atoms with Crippen LogP contribution in [0.3, 0.4) is 0 Å². The average molecular weight is 319 g/mol. The van der Waals surface area contributed by atoms with Crippen LogP contribution >= 0.6 is 11.6 Å². The van der Waals surface area contributed by atoms with Crippen LogP contribution < -0.4 is 15.4 Å². The zero-order chi connectivity index (χ0) is 15.9. The molecule has 0 fully saturated rings. The molecule has 0 saturated carbocycles. The Kier molecular flexibility index (Phi) is 5.67. The van der Waals surface area contributed by atoms with Crippen LogP contribution in [0, 0.1) is 0 Å². The Balaban J connectivity index is 1.92. The third kappa shape index (κ3) is 4.40. The molecule has 2 aromatic carbocycles. The number of rotatable bonds is 6. The van der Waals surface area contributed by atoms with Crippen LogP contribution in [0.5, 0.6) is 5.75 Å². The third-order valence-electron chi connectivity index (χ3n) is 3.28. The second-order valence-corrected chi connectivity index (χ2v) is 5.33. The summed E-state index contributed by atoms with van der Waals surface area (Å²) in [4.78, 5) is 12.0. The van der Waals surface area contributed by atoms with Crippen LogP contribution in [0.1, 0.15) is 18.5 Å². The summed E-state index contributed by atoms with van der Waals surface area (Å²) in [5.41, 5.74) is 1.76. The minimum Gasteiger partial charge on any atom is -0.495 e. The second-order valence-electron chi connectivity index (χ2n) is 4.90. The number of ether oxygens (including phenoxy) is 1. The molecular formula is C17H19ClN2O2. The van der Waals surface area contributed by atoms with Crippen LogP contribution in [0.4, 0.5) is 5.69 Å². The summed E-state index contributed by atoms with van der Waals surface area (Å²) in [5.74, 6) is 0.548. The Morgan fingerprint density at radius 2 is 1.95 bits per heavy atom. The van der Waals surface area contributed by atoms with Gasteiger partial charge in [-0.3, -0.25) is 4.79 Å². The van der Waals surface area contributed by atoms with Gasteiger partial charge in [0.15, 0.2) is 0 Å². The van der Waals surface area contributed by atoms with E-state index in [2.05, 4.69) is 10.6 Å². The number of nitrogens with one attached hydrogen (secondary N) is 2. The van der Waals surface area contributed by atoms with E-state index in [1.54, 1.807) is 25.3 Å². The highest BCUT2D eigenvalue weighted by Crippen LogP contribution is 2.27. The standard InChI is InChI=1S/C17H19ClN2O2/c1-12(13-6-4-3-5-7-13)20-17(21)11-19-15-10-14(18)8-9-16(15)22-2/h3-10,12,19H,11H2,1-2H3,(H,20,21)/t12-/m1/s1. The Morgan fingerprint density at radius 3 is 2.64 bits per heavy atom. The van der Waals surface area contributed by atoms with Gasteiger partial charge in [0, 0.05) is 5.02 Å². The van der Waals surface area contributed by atoms with E-state index in [9.17, 15) is 4.79 Å². The molecule has 2 aromatic rings. The molecule has 0 radical (unpaired) electrons. The molecule has 0 heterocycles. The molecule has 22 heavy (non-hydrogen) atoms. The zero-order valence-corrected chi connectivity index (χ0v) is 13.4. The molecule has 0 bridgehead atoms. The first kappa shape index (κ1) is 16.2. The van der Waals surface area contributed by atoms with E-state index < -0.39 is 0 Å². The van der Waals surface area contributed by atoms with Gasteiger partial charge in [0.1, 0.15) is 5.75 Å². The average Bonchev–Trinajstić information content (AvgIpc) is 2.54. The van der Waals surface area contributed by atoms with E-state index in [-0.39, 0.29) is 18.5 Å². The zero-order valence-electron chi connectivity index (χ0n) is 12.6. The molecular weight excluding hydrogens is 300 g/mol. The van der Waals surface area contributed by atoms with Crippen molar-refractivity contribution in [3.63, 3.8) is 0 Å². The van der Waals surface area contributed by atoms with Crippen molar-refractivity contribution in [2.75, 3.05) is 19.0 Å². The lowest BCUT2D eigenvalue weighted by molar-refractivity contribution is -0.120. The summed E-state index contributed by atoms with van der Waals surface area (Å²) < 4.78 is 5.23. The molecule has 4 nitrogen and oxygen atoms in total. The van der Waals surface area contributed by atoms with Gasteiger partial charge in [-0.2, -0.15) is 0 Å². The smallest absolute Gasteiger partial charge is 0.239 e. The van der Waals surface area contributed by atoms with Gasteiger partial charge in [0.25, 0.3) is 0 Å². The number of carbonyl (C=O) groups is 1. The van der Waals surface area contributed by atoms with Gasteiger partial charge in [0.2, 0.25) is 5.91 Å². The van der Waals surface area contributed by atoms with Gasteiger partial charge in [0.05, 0.1) is 25.4 Å². The van der Waals surface area contributed by atoms with E-state index in [0.717, 1.165) is 5.56 Å². The number of hydrogen-bond donors (Lipinski definition) is 2. The highest BCUT2D eigenvalue weighted by molar-refractivity contribution is 6.30. The fourth-order valence-corrected chi connectivity index (χ4v) is 2.28. The number of amides is 1.